The van der Waals surface area contributed by atoms with Gasteiger partial charge in [-0.2, -0.15) is 0 Å². The van der Waals surface area contributed by atoms with Crippen molar-refractivity contribution in [3.8, 4) is 17.2 Å². The van der Waals surface area contributed by atoms with E-state index in [1.165, 1.54) is 0 Å². The zero-order valence-corrected chi connectivity index (χ0v) is 22.4. The number of carbonyl (C=O) groups is 3. The highest BCUT2D eigenvalue weighted by Gasteiger charge is 2.30. The molecule has 0 saturated heterocycles. The summed E-state index contributed by atoms with van der Waals surface area (Å²) in [5, 5.41) is 20.9. The number of nitrogens with one attached hydrogen (secondary N) is 1. The lowest BCUT2D eigenvalue weighted by Crippen LogP contribution is -2.43. The average Bonchev–Trinajstić information content (AvgIpc) is 2.95. The number of carbonyl (C=O) groups excluding carboxylic acids is 1. The molecule has 4 rings (SSSR count). The molecule has 1 unspecified atom stereocenters. The minimum absolute atomic E-state index is 0.0457. The fraction of sp³-hybridized carbons (Fsp3) is 0.300. The third-order valence-corrected chi connectivity index (χ3v) is 6.19. The Morgan fingerprint density at radius 2 is 1.54 bits per heavy atom. The van der Waals surface area contributed by atoms with Gasteiger partial charge in [0.25, 0.3) is 12.2 Å². The molecule has 0 radical (unpaired) electrons. The number of para-hydroxylation sites is 2. The third-order valence-electron chi connectivity index (χ3n) is 6.19. The SMILES string of the molecule is O=C(O)CCCN1CC(OC(=O)O)Oc2c(NC(=O)c3ccc(OCCCCOc4ccccc4)cc3)cccc21. The van der Waals surface area contributed by atoms with Crippen molar-refractivity contribution in [1.82, 2.24) is 0 Å². The van der Waals surface area contributed by atoms with Gasteiger partial charge in [-0.25, -0.2) is 4.79 Å². The normalized spacial score (nSPS) is 13.9. The number of amides is 1. The molecule has 1 aliphatic heterocycles. The molecule has 216 valence electrons. The van der Waals surface area contributed by atoms with Gasteiger partial charge >= 0.3 is 12.1 Å². The summed E-state index contributed by atoms with van der Waals surface area (Å²) < 4.78 is 22.1. The lowest BCUT2D eigenvalue weighted by Gasteiger charge is -2.36. The molecule has 1 amide bonds. The fourth-order valence-corrected chi connectivity index (χ4v) is 4.25. The van der Waals surface area contributed by atoms with Gasteiger partial charge in [0.1, 0.15) is 11.5 Å². The number of hydrogen-bond donors (Lipinski definition) is 3. The first-order valence-corrected chi connectivity index (χ1v) is 13.3. The van der Waals surface area contributed by atoms with Crippen LogP contribution in [-0.4, -0.2) is 60.8 Å². The van der Waals surface area contributed by atoms with Crippen molar-refractivity contribution in [2.45, 2.75) is 32.0 Å². The van der Waals surface area contributed by atoms with Crippen LogP contribution in [0.25, 0.3) is 0 Å². The van der Waals surface area contributed by atoms with Crippen LogP contribution in [0, 0.1) is 0 Å². The summed E-state index contributed by atoms with van der Waals surface area (Å²) in [4.78, 5) is 36.9. The van der Waals surface area contributed by atoms with E-state index in [9.17, 15) is 14.4 Å². The number of hydrogen-bond acceptors (Lipinski definition) is 8. The molecular formula is C30H32N2O9. The summed E-state index contributed by atoms with van der Waals surface area (Å²) in [6, 6.07) is 21.5. The Kier molecular flexibility index (Phi) is 10.2. The van der Waals surface area contributed by atoms with Gasteiger partial charge in [0, 0.05) is 18.5 Å². The van der Waals surface area contributed by atoms with E-state index in [-0.39, 0.29) is 18.7 Å². The van der Waals surface area contributed by atoms with Gasteiger partial charge in [-0.15, -0.1) is 0 Å². The number of rotatable bonds is 14. The number of aliphatic carboxylic acids is 1. The minimum Gasteiger partial charge on any atom is -0.494 e. The van der Waals surface area contributed by atoms with Crippen molar-refractivity contribution in [1.29, 1.82) is 0 Å². The second-order valence-electron chi connectivity index (χ2n) is 9.22. The maximum Gasteiger partial charge on any atom is 0.508 e. The molecule has 0 spiro atoms. The lowest BCUT2D eigenvalue weighted by atomic mass is 10.1. The van der Waals surface area contributed by atoms with Gasteiger partial charge < -0.3 is 39.4 Å². The van der Waals surface area contributed by atoms with Gasteiger partial charge in [-0.3, -0.25) is 9.59 Å². The van der Waals surface area contributed by atoms with Crippen LogP contribution >= 0.6 is 0 Å². The third kappa shape index (κ3) is 8.79. The summed E-state index contributed by atoms with van der Waals surface area (Å²) in [6.45, 7) is 1.53. The van der Waals surface area contributed by atoms with Crippen molar-refractivity contribution in [2.75, 3.05) is 36.5 Å². The molecule has 3 aromatic carbocycles. The number of benzene rings is 3. The van der Waals surface area contributed by atoms with Crippen LogP contribution in [0.3, 0.4) is 0 Å². The van der Waals surface area contributed by atoms with Gasteiger partial charge in [0.05, 0.1) is 31.1 Å². The first-order valence-electron chi connectivity index (χ1n) is 13.3. The Labute approximate surface area is 237 Å². The fourth-order valence-electron chi connectivity index (χ4n) is 4.25. The van der Waals surface area contributed by atoms with Crippen molar-refractivity contribution in [3.05, 3.63) is 78.4 Å². The summed E-state index contributed by atoms with van der Waals surface area (Å²) in [5.41, 5.74) is 1.31. The first kappa shape index (κ1) is 29.1. The Balaban J connectivity index is 1.32. The van der Waals surface area contributed by atoms with Crippen LogP contribution in [0.4, 0.5) is 16.2 Å². The topological polar surface area (TPSA) is 144 Å². The first-order chi connectivity index (χ1) is 19.9. The molecule has 1 atom stereocenters. The summed E-state index contributed by atoms with van der Waals surface area (Å²) in [5.74, 6) is 0.390. The standard InChI is InChI=1S/C30H32N2O9/c33-26(34)12-7-17-32-20-27(41-30(36)37)40-28-24(10-6-11-25(28)32)31-29(35)21-13-15-23(16-14-21)39-19-5-4-18-38-22-8-2-1-3-9-22/h1-3,6,8-11,13-16,27H,4-5,7,12,17-20H2,(H,31,35)(H,33,34)(H,36,37). The number of fused-ring (bicyclic) bond motifs is 1. The molecule has 0 fully saturated rings. The van der Waals surface area contributed by atoms with Crippen molar-refractivity contribution < 1.29 is 43.5 Å². The molecule has 1 aliphatic rings. The van der Waals surface area contributed by atoms with E-state index in [1.54, 1.807) is 47.4 Å². The molecule has 0 bridgehead atoms. The number of nitrogens with zero attached hydrogens (tertiary/aromatic N) is 1. The van der Waals surface area contributed by atoms with E-state index in [0.717, 1.165) is 18.6 Å². The van der Waals surface area contributed by atoms with E-state index in [0.29, 0.717) is 48.9 Å². The molecule has 0 aromatic heterocycles. The monoisotopic (exact) mass is 564 g/mol. The number of carboxylic acids is 1. The molecular weight excluding hydrogens is 532 g/mol. The largest absolute Gasteiger partial charge is 0.508 e. The molecule has 0 aliphatic carbocycles. The Morgan fingerprint density at radius 1 is 0.854 bits per heavy atom. The van der Waals surface area contributed by atoms with Gasteiger partial charge in [-0.05, 0) is 67.8 Å². The van der Waals surface area contributed by atoms with Crippen LogP contribution in [0.15, 0.2) is 72.8 Å². The molecule has 1 heterocycles. The van der Waals surface area contributed by atoms with Crippen LogP contribution in [-0.2, 0) is 9.53 Å². The Morgan fingerprint density at radius 3 is 2.20 bits per heavy atom. The van der Waals surface area contributed by atoms with Crippen LogP contribution in [0.1, 0.15) is 36.0 Å². The van der Waals surface area contributed by atoms with Gasteiger partial charge in [0.2, 0.25) is 0 Å². The highest BCUT2D eigenvalue weighted by atomic mass is 16.8. The smallest absolute Gasteiger partial charge is 0.494 e. The summed E-state index contributed by atoms with van der Waals surface area (Å²) >= 11 is 0. The van der Waals surface area contributed by atoms with Crippen molar-refractivity contribution in [2.24, 2.45) is 0 Å². The van der Waals surface area contributed by atoms with Crippen molar-refractivity contribution in [3.63, 3.8) is 0 Å². The van der Waals surface area contributed by atoms with Gasteiger partial charge in [-0.1, -0.05) is 24.3 Å². The lowest BCUT2D eigenvalue weighted by molar-refractivity contribution is -0.137. The second kappa shape index (κ2) is 14.5. The zero-order chi connectivity index (χ0) is 29.0. The van der Waals surface area contributed by atoms with Crippen LogP contribution in [0.2, 0.25) is 0 Å². The van der Waals surface area contributed by atoms with E-state index in [2.05, 4.69) is 5.32 Å². The number of anilines is 2. The Bertz CT molecular complexity index is 1320. The van der Waals surface area contributed by atoms with E-state index >= 15 is 0 Å². The highest BCUT2D eigenvalue weighted by molar-refractivity contribution is 6.05. The van der Waals surface area contributed by atoms with Crippen LogP contribution in [0.5, 0.6) is 17.2 Å². The molecule has 3 N–H and O–H groups in total. The Hall–Kier alpha value is -4.93. The highest BCUT2D eigenvalue weighted by Crippen LogP contribution is 2.40. The number of ether oxygens (including phenoxy) is 4. The average molecular weight is 565 g/mol. The van der Waals surface area contributed by atoms with Crippen molar-refractivity contribution >= 4 is 29.4 Å². The van der Waals surface area contributed by atoms with Crippen LogP contribution < -0.4 is 24.4 Å². The summed E-state index contributed by atoms with van der Waals surface area (Å²) in [6.07, 6.45) is -0.711. The molecule has 3 aromatic rings. The maximum absolute atomic E-state index is 13.0. The molecule has 0 saturated carbocycles. The number of unbranched alkanes of at least 4 members (excludes halogenated alkanes) is 1. The minimum atomic E-state index is -1.51. The zero-order valence-electron chi connectivity index (χ0n) is 22.4. The quantitative estimate of drug-likeness (QED) is 0.175. The maximum atomic E-state index is 13.0. The number of carboxylic acid groups (broad SMARTS) is 2. The van der Waals surface area contributed by atoms with E-state index in [1.807, 2.05) is 30.3 Å². The molecule has 11 nitrogen and oxygen atoms in total. The molecule has 41 heavy (non-hydrogen) atoms. The molecule has 11 heteroatoms. The predicted molar refractivity (Wildman–Crippen MR) is 150 cm³/mol. The second-order valence-corrected chi connectivity index (χ2v) is 9.22. The van der Waals surface area contributed by atoms with Gasteiger partial charge in [0.15, 0.2) is 5.75 Å². The summed E-state index contributed by atoms with van der Waals surface area (Å²) in [7, 11) is 0. The van der Waals surface area contributed by atoms with E-state index in [4.69, 9.17) is 29.2 Å². The van der Waals surface area contributed by atoms with E-state index < -0.39 is 24.3 Å². The predicted octanol–water partition coefficient (Wildman–Crippen LogP) is 5.26.